The van der Waals surface area contributed by atoms with Crippen LogP contribution in [0.2, 0.25) is 0 Å². The second-order valence-electron chi connectivity index (χ2n) is 2.39. The smallest absolute Gasteiger partial charge is 0.326 e. The number of aryl methyl sites for hydroxylation is 1. The normalized spacial score (nSPS) is 9.77. The highest BCUT2D eigenvalue weighted by Crippen LogP contribution is 2.10. The van der Waals surface area contributed by atoms with Gasteiger partial charge in [-0.25, -0.2) is 9.48 Å². The van der Waals surface area contributed by atoms with E-state index in [4.69, 9.17) is 0 Å². The third-order valence-electron chi connectivity index (χ3n) is 1.48. The van der Waals surface area contributed by atoms with E-state index in [-0.39, 0.29) is 10.9 Å². The largest absolute Gasteiger partial charge is 0.341 e. The Morgan fingerprint density at radius 3 is 2.69 bits per heavy atom. The van der Waals surface area contributed by atoms with Gasteiger partial charge in [0.15, 0.2) is 0 Å². The SMILES string of the molecule is CNC(=O)N(C)c1nn(C)c(=O)s1. The van der Waals surface area contributed by atoms with E-state index in [0.29, 0.717) is 5.13 Å². The molecule has 0 aliphatic rings. The van der Waals surface area contributed by atoms with E-state index in [1.807, 2.05) is 0 Å². The summed E-state index contributed by atoms with van der Waals surface area (Å²) in [6.45, 7) is 0. The summed E-state index contributed by atoms with van der Waals surface area (Å²) in [4.78, 5) is 23.2. The highest BCUT2D eigenvalue weighted by Gasteiger charge is 2.13. The number of urea groups is 1. The van der Waals surface area contributed by atoms with Crippen LogP contribution in [-0.4, -0.2) is 29.9 Å². The number of hydrogen-bond acceptors (Lipinski definition) is 4. The van der Waals surface area contributed by atoms with Gasteiger partial charge in [0.25, 0.3) is 0 Å². The number of carbonyl (C=O) groups is 1. The monoisotopic (exact) mass is 202 g/mol. The topological polar surface area (TPSA) is 67.2 Å². The molecular weight excluding hydrogens is 192 g/mol. The molecule has 0 unspecified atom stereocenters. The zero-order valence-electron chi connectivity index (χ0n) is 7.57. The fourth-order valence-corrected chi connectivity index (χ4v) is 1.44. The van der Waals surface area contributed by atoms with Gasteiger partial charge in [0.2, 0.25) is 5.13 Å². The first-order valence-electron chi connectivity index (χ1n) is 3.56. The molecule has 1 aromatic heterocycles. The molecule has 0 aliphatic carbocycles. The van der Waals surface area contributed by atoms with Crippen LogP contribution in [0.3, 0.4) is 0 Å². The Kier molecular flexibility index (Phi) is 2.66. The van der Waals surface area contributed by atoms with Crippen LogP contribution in [0.4, 0.5) is 9.93 Å². The molecule has 0 aliphatic heterocycles. The molecule has 0 fully saturated rings. The Balaban J connectivity index is 2.95. The number of aromatic nitrogens is 2. The summed E-state index contributed by atoms with van der Waals surface area (Å²) in [6.07, 6.45) is 0. The molecule has 1 heterocycles. The first-order valence-corrected chi connectivity index (χ1v) is 4.37. The Bertz CT molecular complexity index is 369. The predicted molar refractivity (Wildman–Crippen MR) is 50.2 cm³/mol. The maximum absolute atomic E-state index is 11.1. The number of amides is 2. The van der Waals surface area contributed by atoms with Crippen molar-refractivity contribution >= 4 is 22.5 Å². The fourth-order valence-electron chi connectivity index (χ4n) is 0.724. The summed E-state index contributed by atoms with van der Waals surface area (Å²) in [7, 11) is 4.61. The lowest BCUT2D eigenvalue weighted by Gasteiger charge is -2.11. The Morgan fingerprint density at radius 1 is 1.69 bits per heavy atom. The number of nitrogens with one attached hydrogen (secondary N) is 1. The van der Waals surface area contributed by atoms with Crippen LogP contribution in [-0.2, 0) is 7.05 Å². The molecule has 0 aromatic carbocycles. The van der Waals surface area contributed by atoms with Gasteiger partial charge in [-0.05, 0) is 11.3 Å². The minimum atomic E-state index is -0.297. The molecule has 0 spiro atoms. The van der Waals surface area contributed by atoms with Crippen LogP contribution in [0.5, 0.6) is 0 Å². The van der Waals surface area contributed by atoms with Crippen molar-refractivity contribution in [2.75, 3.05) is 19.0 Å². The third kappa shape index (κ3) is 1.86. The van der Waals surface area contributed by atoms with Crippen LogP contribution >= 0.6 is 11.3 Å². The van der Waals surface area contributed by atoms with Crippen molar-refractivity contribution in [1.29, 1.82) is 0 Å². The first kappa shape index (κ1) is 9.72. The number of nitrogens with zero attached hydrogens (tertiary/aromatic N) is 3. The summed E-state index contributed by atoms with van der Waals surface area (Å²) >= 11 is 0.928. The van der Waals surface area contributed by atoms with Gasteiger partial charge >= 0.3 is 10.9 Å². The van der Waals surface area contributed by atoms with Gasteiger partial charge in [0.05, 0.1) is 0 Å². The van der Waals surface area contributed by atoms with Crippen molar-refractivity contribution in [2.45, 2.75) is 0 Å². The van der Waals surface area contributed by atoms with E-state index >= 15 is 0 Å². The molecule has 0 radical (unpaired) electrons. The quantitative estimate of drug-likeness (QED) is 0.675. The molecule has 0 atom stereocenters. The highest BCUT2D eigenvalue weighted by atomic mass is 32.1. The van der Waals surface area contributed by atoms with Crippen molar-refractivity contribution < 1.29 is 4.79 Å². The minimum Gasteiger partial charge on any atom is -0.341 e. The Labute approximate surface area is 78.8 Å². The van der Waals surface area contributed by atoms with E-state index in [1.54, 1.807) is 14.1 Å². The van der Waals surface area contributed by atoms with Gasteiger partial charge in [0.1, 0.15) is 0 Å². The number of anilines is 1. The van der Waals surface area contributed by atoms with Crippen molar-refractivity contribution in [1.82, 2.24) is 15.1 Å². The van der Waals surface area contributed by atoms with Gasteiger partial charge in [-0.2, -0.15) is 0 Å². The zero-order valence-corrected chi connectivity index (χ0v) is 8.38. The van der Waals surface area contributed by atoms with E-state index in [1.165, 1.54) is 16.6 Å². The van der Waals surface area contributed by atoms with Gasteiger partial charge < -0.3 is 5.32 Å². The number of carbonyl (C=O) groups excluding carboxylic acids is 1. The van der Waals surface area contributed by atoms with E-state index < -0.39 is 0 Å². The maximum atomic E-state index is 11.1. The average molecular weight is 202 g/mol. The first-order chi connectivity index (χ1) is 6.06. The highest BCUT2D eigenvalue weighted by molar-refractivity contribution is 7.13. The summed E-state index contributed by atoms with van der Waals surface area (Å²) in [5.41, 5.74) is 0. The lowest BCUT2D eigenvalue weighted by atomic mass is 10.8. The number of hydrogen-bond donors (Lipinski definition) is 1. The van der Waals surface area contributed by atoms with E-state index in [0.717, 1.165) is 11.3 Å². The van der Waals surface area contributed by atoms with Crippen LogP contribution in [0.15, 0.2) is 4.79 Å². The maximum Gasteiger partial charge on any atom is 0.326 e. The second kappa shape index (κ2) is 3.56. The summed E-state index contributed by atoms with van der Waals surface area (Å²) in [5.74, 6) is 0. The Morgan fingerprint density at radius 2 is 2.31 bits per heavy atom. The average Bonchev–Trinajstić information content (AvgIpc) is 2.44. The molecule has 0 bridgehead atoms. The van der Waals surface area contributed by atoms with E-state index in [9.17, 15) is 9.59 Å². The second-order valence-corrected chi connectivity index (χ2v) is 3.31. The molecule has 72 valence electrons. The predicted octanol–water partition coefficient (Wildman–Crippen LogP) is -0.383. The van der Waals surface area contributed by atoms with Gasteiger partial charge in [-0.1, -0.05) is 0 Å². The molecule has 0 saturated carbocycles. The summed E-state index contributed by atoms with van der Waals surface area (Å²) in [5, 5.41) is 6.68. The van der Waals surface area contributed by atoms with Crippen molar-refractivity contribution in [2.24, 2.45) is 7.05 Å². The summed E-state index contributed by atoms with van der Waals surface area (Å²) < 4.78 is 1.19. The molecule has 0 saturated heterocycles. The van der Waals surface area contributed by atoms with Gasteiger partial charge in [0, 0.05) is 21.1 Å². The number of rotatable bonds is 1. The molecule has 1 aromatic rings. The van der Waals surface area contributed by atoms with Gasteiger partial charge in [-0.3, -0.25) is 9.69 Å². The van der Waals surface area contributed by atoms with Crippen LogP contribution in [0.1, 0.15) is 0 Å². The van der Waals surface area contributed by atoms with Crippen LogP contribution in [0, 0.1) is 0 Å². The lowest BCUT2D eigenvalue weighted by Crippen LogP contribution is -2.34. The van der Waals surface area contributed by atoms with Crippen LogP contribution in [0.25, 0.3) is 0 Å². The minimum absolute atomic E-state index is 0.189. The van der Waals surface area contributed by atoms with Gasteiger partial charge in [-0.15, -0.1) is 5.10 Å². The van der Waals surface area contributed by atoms with Crippen molar-refractivity contribution in [3.05, 3.63) is 9.67 Å². The molecule has 7 heteroatoms. The molecule has 6 nitrogen and oxygen atoms in total. The van der Waals surface area contributed by atoms with Crippen molar-refractivity contribution in [3.8, 4) is 0 Å². The lowest BCUT2D eigenvalue weighted by molar-refractivity contribution is 0.249. The van der Waals surface area contributed by atoms with E-state index in [2.05, 4.69) is 10.4 Å². The molecule has 1 rings (SSSR count). The zero-order chi connectivity index (χ0) is 10.0. The Hall–Kier alpha value is -1.37. The summed E-state index contributed by atoms with van der Waals surface area (Å²) in [6, 6.07) is -0.297. The fraction of sp³-hybridized carbons (Fsp3) is 0.500. The standard InChI is InChI=1S/C6H10N4O2S/c1-7-4(11)9(2)5-8-10(3)6(12)13-5/h1-3H3,(H,7,11). The third-order valence-corrected chi connectivity index (χ3v) is 2.46. The molecule has 2 amide bonds. The molecular formula is C6H10N4O2S. The van der Waals surface area contributed by atoms with Crippen molar-refractivity contribution in [3.63, 3.8) is 0 Å². The molecule has 1 N–H and O–H groups in total. The molecule has 13 heavy (non-hydrogen) atoms. The van der Waals surface area contributed by atoms with Crippen LogP contribution < -0.4 is 15.1 Å².